The molecule has 1 aliphatic heterocycles. The Bertz CT molecular complexity index is 433. The van der Waals surface area contributed by atoms with Crippen LogP contribution >= 0.6 is 11.3 Å². The summed E-state index contributed by atoms with van der Waals surface area (Å²) in [6.45, 7) is 2.41. The van der Waals surface area contributed by atoms with Crippen LogP contribution in [0.15, 0.2) is 16.8 Å². The highest BCUT2D eigenvalue weighted by Crippen LogP contribution is 2.27. The topological polar surface area (TPSA) is 49.4 Å². The average molecular weight is 286 g/mol. The molecule has 0 aromatic carbocycles. The van der Waals surface area contributed by atoms with Crippen LogP contribution < -0.4 is 5.32 Å². The van der Waals surface area contributed by atoms with Gasteiger partial charge in [0.25, 0.3) is 0 Å². The Kier molecular flexibility index (Phi) is 4.53. The summed E-state index contributed by atoms with van der Waals surface area (Å²) >= 11 is 1.63. The van der Waals surface area contributed by atoms with Crippen LogP contribution in [0.4, 0.5) is 0 Å². The monoisotopic (exact) mass is 286 g/mol. The number of hydrogen-bond acceptors (Lipinski definition) is 4. The molecule has 2 rings (SSSR count). The van der Waals surface area contributed by atoms with E-state index in [0.717, 1.165) is 12.0 Å². The van der Waals surface area contributed by atoms with E-state index < -0.39 is 10.8 Å². The minimum absolute atomic E-state index is 0.0240. The van der Waals surface area contributed by atoms with Crippen LogP contribution in [0.5, 0.6) is 0 Å². The van der Waals surface area contributed by atoms with E-state index in [1.807, 2.05) is 23.3 Å². The molecule has 0 saturated carbocycles. The number of carbonyl (C=O) groups excluding carboxylic acids is 1. The molecule has 1 amide bonds. The van der Waals surface area contributed by atoms with Gasteiger partial charge in [-0.15, -0.1) is 0 Å². The molecule has 1 N–H and O–H groups in total. The van der Waals surface area contributed by atoms with Crippen molar-refractivity contribution in [1.29, 1.82) is 0 Å². The maximum atomic E-state index is 12.0. The molecule has 0 spiro atoms. The van der Waals surface area contributed by atoms with Crippen molar-refractivity contribution in [3.63, 3.8) is 0 Å². The molecule has 1 saturated heterocycles. The van der Waals surface area contributed by atoms with E-state index in [0.29, 0.717) is 12.3 Å². The zero-order chi connectivity index (χ0) is 13.1. The lowest BCUT2D eigenvalue weighted by Gasteiger charge is -2.30. The van der Waals surface area contributed by atoms with E-state index in [9.17, 15) is 9.00 Å². The predicted octanol–water partition coefficient (Wildman–Crippen LogP) is 1.34. The fraction of sp³-hybridized carbons (Fsp3) is 0.583. The summed E-state index contributed by atoms with van der Waals surface area (Å²) in [6.07, 6.45) is 2.45. The second-order valence-corrected chi connectivity index (χ2v) is 6.89. The Balaban J connectivity index is 2.07. The number of hydrogen-bond donors (Lipinski definition) is 1. The summed E-state index contributed by atoms with van der Waals surface area (Å²) in [6, 6.07) is 2.15. The van der Waals surface area contributed by atoms with Gasteiger partial charge in [0.15, 0.2) is 0 Å². The summed E-state index contributed by atoms with van der Waals surface area (Å²) in [4.78, 5) is 13.8. The van der Waals surface area contributed by atoms with Gasteiger partial charge in [-0.25, -0.2) is 0 Å². The smallest absolute Gasteiger partial charge is 0.238 e. The first kappa shape index (κ1) is 13.7. The number of thiophene rings is 1. The number of nitrogens with zero attached hydrogens (tertiary/aromatic N) is 1. The van der Waals surface area contributed by atoms with E-state index in [4.69, 9.17) is 0 Å². The molecule has 1 aromatic heterocycles. The molecule has 1 fully saturated rings. The zero-order valence-corrected chi connectivity index (χ0v) is 12.2. The summed E-state index contributed by atoms with van der Waals surface area (Å²) < 4.78 is 11.1. The third-order valence-electron chi connectivity index (χ3n) is 3.17. The van der Waals surface area contributed by atoms with Crippen LogP contribution in [0.1, 0.15) is 25.1 Å². The van der Waals surface area contributed by atoms with Crippen LogP contribution in [0, 0.1) is 0 Å². The molecule has 4 nitrogen and oxygen atoms in total. The Morgan fingerprint density at radius 3 is 3.06 bits per heavy atom. The van der Waals surface area contributed by atoms with E-state index in [1.54, 1.807) is 17.6 Å². The number of rotatable bonds is 5. The van der Waals surface area contributed by atoms with Crippen molar-refractivity contribution < 1.29 is 9.00 Å². The van der Waals surface area contributed by atoms with Gasteiger partial charge in [0, 0.05) is 28.9 Å². The van der Waals surface area contributed by atoms with Gasteiger partial charge >= 0.3 is 0 Å². The number of nitrogens with one attached hydrogen (secondary N) is 1. The lowest BCUT2D eigenvalue weighted by atomic mass is 10.1. The molecule has 1 aromatic rings. The van der Waals surface area contributed by atoms with E-state index in [2.05, 4.69) is 10.7 Å². The highest BCUT2D eigenvalue weighted by Gasteiger charge is 2.34. The fourth-order valence-electron chi connectivity index (χ4n) is 2.20. The van der Waals surface area contributed by atoms with Crippen molar-refractivity contribution in [2.24, 2.45) is 0 Å². The minimum atomic E-state index is -0.802. The second-order valence-electron chi connectivity index (χ2n) is 4.56. The van der Waals surface area contributed by atoms with Crippen molar-refractivity contribution in [2.45, 2.75) is 25.6 Å². The first-order chi connectivity index (χ1) is 8.59. The number of amides is 1. The first-order valence-electron chi connectivity index (χ1n) is 5.96. The summed E-state index contributed by atoms with van der Waals surface area (Å²) in [5, 5.41) is 7.32. The van der Waals surface area contributed by atoms with Gasteiger partial charge in [-0.3, -0.25) is 14.3 Å². The van der Waals surface area contributed by atoms with Gasteiger partial charge in [0.1, 0.15) is 6.17 Å². The molecular weight excluding hydrogens is 268 g/mol. The predicted molar refractivity (Wildman–Crippen MR) is 74.9 cm³/mol. The molecule has 2 heterocycles. The molecule has 6 heteroatoms. The van der Waals surface area contributed by atoms with Crippen molar-refractivity contribution in [3.8, 4) is 0 Å². The van der Waals surface area contributed by atoms with Crippen LogP contribution in [-0.2, 0) is 15.6 Å². The van der Waals surface area contributed by atoms with Crippen molar-refractivity contribution in [2.75, 3.05) is 18.6 Å². The maximum Gasteiger partial charge on any atom is 0.238 e. The normalized spacial score (nSPS) is 23.3. The van der Waals surface area contributed by atoms with Gasteiger partial charge in [0.05, 0.1) is 6.54 Å². The molecule has 1 aliphatic rings. The van der Waals surface area contributed by atoms with Crippen LogP contribution in [0.25, 0.3) is 0 Å². The van der Waals surface area contributed by atoms with E-state index in [1.165, 1.54) is 0 Å². The third kappa shape index (κ3) is 2.99. The molecule has 3 unspecified atom stereocenters. The van der Waals surface area contributed by atoms with Crippen LogP contribution in [0.2, 0.25) is 0 Å². The highest BCUT2D eigenvalue weighted by molar-refractivity contribution is 7.84. The van der Waals surface area contributed by atoms with Crippen molar-refractivity contribution >= 4 is 28.0 Å². The lowest BCUT2D eigenvalue weighted by molar-refractivity contribution is -0.130. The van der Waals surface area contributed by atoms with Gasteiger partial charge in [-0.1, -0.05) is 0 Å². The van der Waals surface area contributed by atoms with E-state index >= 15 is 0 Å². The Morgan fingerprint density at radius 1 is 1.67 bits per heavy atom. The van der Waals surface area contributed by atoms with Gasteiger partial charge < -0.3 is 4.90 Å². The number of carbonyl (C=O) groups is 1. The minimum Gasteiger partial charge on any atom is -0.319 e. The van der Waals surface area contributed by atoms with Gasteiger partial charge in [-0.05, 0) is 35.7 Å². The van der Waals surface area contributed by atoms with Gasteiger partial charge in [0.2, 0.25) is 5.91 Å². The Labute approximate surface area is 114 Å². The molecule has 0 bridgehead atoms. The standard InChI is InChI=1S/C12H18N2O2S2/c1-9(4-6-18(2)16)14-11(15)7-13-12(14)10-3-5-17-8-10/h3,5,8-9,12-13H,4,6-7H2,1-2H3. The SMILES string of the molecule is CC(CCS(C)=O)N1C(=O)CNC1c1ccsc1. The van der Waals surface area contributed by atoms with Crippen molar-refractivity contribution in [1.82, 2.24) is 10.2 Å². The third-order valence-corrected chi connectivity index (χ3v) is 4.68. The quantitative estimate of drug-likeness (QED) is 0.888. The molecule has 0 radical (unpaired) electrons. The summed E-state index contributed by atoms with van der Waals surface area (Å²) in [5.74, 6) is 0.766. The largest absolute Gasteiger partial charge is 0.319 e. The van der Waals surface area contributed by atoms with Crippen molar-refractivity contribution in [3.05, 3.63) is 22.4 Å². The molecule has 0 aliphatic carbocycles. The molecule has 100 valence electrons. The fourth-order valence-corrected chi connectivity index (χ4v) is 3.55. The average Bonchev–Trinajstić information content (AvgIpc) is 2.94. The lowest BCUT2D eigenvalue weighted by Crippen LogP contribution is -2.38. The Morgan fingerprint density at radius 2 is 2.44 bits per heavy atom. The Hall–Kier alpha value is -0.720. The van der Waals surface area contributed by atoms with Crippen LogP contribution in [-0.4, -0.2) is 39.6 Å². The summed E-state index contributed by atoms with van der Waals surface area (Å²) in [7, 11) is -0.802. The maximum absolute atomic E-state index is 12.0. The van der Waals surface area contributed by atoms with E-state index in [-0.39, 0.29) is 18.1 Å². The molecule has 18 heavy (non-hydrogen) atoms. The molecular formula is C12H18N2O2S2. The molecule has 3 atom stereocenters. The van der Waals surface area contributed by atoms with Gasteiger partial charge in [-0.2, -0.15) is 11.3 Å². The van der Waals surface area contributed by atoms with Crippen LogP contribution in [0.3, 0.4) is 0 Å². The summed E-state index contributed by atoms with van der Waals surface area (Å²) in [5.41, 5.74) is 1.13. The zero-order valence-electron chi connectivity index (χ0n) is 10.6. The highest BCUT2D eigenvalue weighted by atomic mass is 32.2. The first-order valence-corrected chi connectivity index (χ1v) is 8.63. The second kappa shape index (κ2) is 5.95.